The summed E-state index contributed by atoms with van der Waals surface area (Å²) < 4.78 is 0.743. The number of likely N-dealkylation sites (tertiary alicyclic amines) is 1. The van der Waals surface area contributed by atoms with Crippen molar-refractivity contribution < 1.29 is 14.7 Å². The maximum atomic E-state index is 12.3. The minimum Gasteiger partial charge on any atom is -0.479 e. The van der Waals surface area contributed by atoms with E-state index in [0.717, 1.165) is 21.4 Å². The van der Waals surface area contributed by atoms with Gasteiger partial charge >= 0.3 is 5.97 Å². The fourth-order valence-corrected chi connectivity index (χ4v) is 4.83. The Kier molecular flexibility index (Phi) is 5.57. The van der Waals surface area contributed by atoms with Crippen molar-refractivity contribution in [1.29, 1.82) is 0 Å². The fraction of sp³-hybridized carbons (Fsp3) is 0.571. The van der Waals surface area contributed by atoms with Crippen LogP contribution < -0.4 is 0 Å². The molecule has 4 nitrogen and oxygen atoms in total. The molecule has 0 aromatic carbocycles. The van der Waals surface area contributed by atoms with Crippen LogP contribution in [0, 0.1) is 0 Å². The highest BCUT2D eigenvalue weighted by Gasteiger charge is 2.48. The SMILES string of the molecule is CCC1(C(=O)O)CCCN1C(=O)CSCc1ccc(Cl)s1. The van der Waals surface area contributed by atoms with Gasteiger partial charge in [-0.1, -0.05) is 18.5 Å². The summed E-state index contributed by atoms with van der Waals surface area (Å²) in [5.74, 6) is 0.0727. The fourth-order valence-electron chi connectivity index (χ4n) is 2.73. The van der Waals surface area contributed by atoms with E-state index in [2.05, 4.69) is 0 Å². The number of hydrogen-bond acceptors (Lipinski definition) is 4. The zero-order valence-electron chi connectivity index (χ0n) is 11.8. The molecule has 1 unspecified atom stereocenters. The molecule has 116 valence electrons. The summed E-state index contributed by atoms with van der Waals surface area (Å²) in [5, 5.41) is 9.48. The molecule has 2 rings (SSSR count). The van der Waals surface area contributed by atoms with E-state index in [0.29, 0.717) is 25.1 Å². The van der Waals surface area contributed by atoms with Crippen molar-refractivity contribution in [1.82, 2.24) is 4.90 Å². The van der Waals surface area contributed by atoms with Crippen LogP contribution in [-0.2, 0) is 15.3 Å². The molecule has 1 amide bonds. The van der Waals surface area contributed by atoms with E-state index in [1.807, 2.05) is 19.1 Å². The minimum atomic E-state index is -0.996. The van der Waals surface area contributed by atoms with Crippen LogP contribution in [0.3, 0.4) is 0 Å². The summed E-state index contributed by atoms with van der Waals surface area (Å²) in [6.45, 7) is 2.38. The molecule has 0 aliphatic carbocycles. The molecule has 1 aromatic rings. The zero-order valence-corrected chi connectivity index (χ0v) is 14.2. The quantitative estimate of drug-likeness (QED) is 0.855. The number of aliphatic carboxylic acids is 1. The number of carboxylic acids is 1. The molecule has 0 radical (unpaired) electrons. The standard InChI is InChI=1S/C14H18ClNO3S2/c1-2-14(13(18)19)6-3-7-16(14)12(17)9-20-8-10-4-5-11(15)21-10/h4-5H,2-3,6-9H2,1H3,(H,18,19). The van der Waals surface area contributed by atoms with Gasteiger partial charge in [0.25, 0.3) is 0 Å². The first kappa shape index (κ1) is 16.6. The van der Waals surface area contributed by atoms with Gasteiger partial charge in [0.05, 0.1) is 10.1 Å². The van der Waals surface area contributed by atoms with Crippen LogP contribution in [0.2, 0.25) is 4.34 Å². The van der Waals surface area contributed by atoms with Gasteiger partial charge in [-0.05, 0) is 31.4 Å². The highest BCUT2D eigenvalue weighted by Crippen LogP contribution is 2.33. The van der Waals surface area contributed by atoms with Crippen molar-refractivity contribution >= 4 is 46.6 Å². The van der Waals surface area contributed by atoms with Gasteiger partial charge < -0.3 is 10.0 Å². The van der Waals surface area contributed by atoms with E-state index >= 15 is 0 Å². The first-order valence-electron chi connectivity index (χ1n) is 6.85. The number of rotatable bonds is 6. The monoisotopic (exact) mass is 347 g/mol. The Bertz CT molecular complexity index is 534. The van der Waals surface area contributed by atoms with Gasteiger partial charge in [0.2, 0.25) is 5.91 Å². The maximum absolute atomic E-state index is 12.3. The van der Waals surface area contributed by atoms with Crippen molar-refractivity contribution in [2.75, 3.05) is 12.3 Å². The number of carbonyl (C=O) groups is 2. The summed E-state index contributed by atoms with van der Waals surface area (Å²) in [4.78, 5) is 26.6. The third kappa shape index (κ3) is 3.55. The Hall–Kier alpha value is -0.720. The number of halogens is 1. The summed E-state index contributed by atoms with van der Waals surface area (Å²) in [7, 11) is 0. The van der Waals surface area contributed by atoms with Gasteiger partial charge in [0.15, 0.2) is 0 Å². The maximum Gasteiger partial charge on any atom is 0.329 e. The van der Waals surface area contributed by atoms with E-state index < -0.39 is 11.5 Å². The highest BCUT2D eigenvalue weighted by atomic mass is 35.5. The van der Waals surface area contributed by atoms with Crippen LogP contribution in [-0.4, -0.2) is 39.7 Å². The highest BCUT2D eigenvalue weighted by molar-refractivity contribution is 7.99. The number of hydrogen-bond donors (Lipinski definition) is 1. The van der Waals surface area contributed by atoms with Gasteiger partial charge in [-0.2, -0.15) is 0 Å². The molecule has 1 N–H and O–H groups in total. The van der Waals surface area contributed by atoms with E-state index in [1.165, 1.54) is 23.1 Å². The van der Waals surface area contributed by atoms with Gasteiger partial charge in [0, 0.05) is 17.2 Å². The number of carbonyl (C=O) groups excluding carboxylic acids is 1. The average Bonchev–Trinajstić information content (AvgIpc) is 3.05. The second-order valence-electron chi connectivity index (χ2n) is 5.04. The Morgan fingerprint density at radius 2 is 2.29 bits per heavy atom. The second kappa shape index (κ2) is 7.03. The van der Waals surface area contributed by atoms with Crippen LogP contribution in [0.1, 0.15) is 31.1 Å². The third-order valence-corrected chi connectivity index (χ3v) is 6.25. The van der Waals surface area contributed by atoms with E-state index in [4.69, 9.17) is 11.6 Å². The molecule has 1 saturated heterocycles. The van der Waals surface area contributed by atoms with E-state index in [1.54, 1.807) is 4.90 Å². The number of thioether (sulfide) groups is 1. The molecular formula is C14H18ClNO3S2. The van der Waals surface area contributed by atoms with Crippen molar-refractivity contribution in [3.05, 3.63) is 21.3 Å². The summed E-state index contributed by atoms with van der Waals surface area (Å²) >= 11 is 8.88. The molecular weight excluding hydrogens is 330 g/mol. The van der Waals surface area contributed by atoms with Gasteiger partial charge in [-0.15, -0.1) is 23.1 Å². The Morgan fingerprint density at radius 3 is 2.86 bits per heavy atom. The van der Waals surface area contributed by atoms with Crippen LogP contribution in [0.4, 0.5) is 0 Å². The third-order valence-electron chi connectivity index (χ3n) is 3.87. The molecule has 1 aliphatic heterocycles. The number of thiophene rings is 1. The Morgan fingerprint density at radius 1 is 1.52 bits per heavy atom. The summed E-state index contributed by atoms with van der Waals surface area (Å²) in [6, 6.07) is 3.80. The molecule has 1 fully saturated rings. The Balaban J connectivity index is 1.91. The second-order valence-corrected chi connectivity index (χ2v) is 7.82. The van der Waals surface area contributed by atoms with Gasteiger partial charge in [-0.3, -0.25) is 4.79 Å². The molecule has 7 heteroatoms. The predicted molar refractivity (Wildman–Crippen MR) is 87.1 cm³/mol. The molecule has 2 heterocycles. The largest absolute Gasteiger partial charge is 0.479 e. The van der Waals surface area contributed by atoms with Crippen molar-refractivity contribution in [2.45, 2.75) is 37.5 Å². The van der Waals surface area contributed by atoms with E-state index in [-0.39, 0.29) is 5.91 Å². The normalized spacial score (nSPS) is 21.7. The van der Waals surface area contributed by atoms with Crippen LogP contribution in [0.25, 0.3) is 0 Å². The van der Waals surface area contributed by atoms with Crippen LogP contribution in [0.5, 0.6) is 0 Å². The molecule has 1 atom stereocenters. The van der Waals surface area contributed by atoms with Crippen molar-refractivity contribution in [3.8, 4) is 0 Å². The molecule has 0 saturated carbocycles. The lowest BCUT2D eigenvalue weighted by atomic mass is 9.93. The minimum absolute atomic E-state index is 0.0793. The summed E-state index contributed by atoms with van der Waals surface area (Å²) in [6.07, 6.45) is 1.77. The zero-order chi connectivity index (χ0) is 15.5. The average molecular weight is 348 g/mol. The topological polar surface area (TPSA) is 57.6 Å². The Labute approximate surface area is 137 Å². The molecule has 0 bridgehead atoms. The lowest BCUT2D eigenvalue weighted by molar-refractivity contribution is -0.155. The molecule has 21 heavy (non-hydrogen) atoms. The van der Waals surface area contributed by atoms with E-state index in [9.17, 15) is 14.7 Å². The van der Waals surface area contributed by atoms with Gasteiger partial charge in [0.1, 0.15) is 5.54 Å². The van der Waals surface area contributed by atoms with Gasteiger partial charge in [-0.25, -0.2) is 4.79 Å². The molecule has 1 aromatic heterocycles. The van der Waals surface area contributed by atoms with Crippen LogP contribution in [0.15, 0.2) is 12.1 Å². The smallest absolute Gasteiger partial charge is 0.329 e. The van der Waals surface area contributed by atoms with Crippen LogP contribution >= 0.6 is 34.7 Å². The molecule has 1 aliphatic rings. The van der Waals surface area contributed by atoms with Crippen molar-refractivity contribution in [3.63, 3.8) is 0 Å². The number of carboxylic acid groups (broad SMARTS) is 1. The first-order chi connectivity index (χ1) is 9.99. The molecule has 0 spiro atoms. The summed E-state index contributed by atoms with van der Waals surface area (Å²) in [5.41, 5.74) is -0.996. The lowest BCUT2D eigenvalue weighted by Crippen LogP contribution is -2.53. The predicted octanol–water partition coefficient (Wildman–Crippen LogP) is 3.49. The van der Waals surface area contributed by atoms with Crippen molar-refractivity contribution in [2.24, 2.45) is 0 Å². The first-order valence-corrected chi connectivity index (χ1v) is 9.20. The number of nitrogens with zero attached hydrogens (tertiary/aromatic N) is 1. The number of amides is 1. The lowest BCUT2D eigenvalue weighted by Gasteiger charge is -2.33.